The van der Waals surface area contributed by atoms with E-state index in [1.807, 2.05) is 48.5 Å². The van der Waals surface area contributed by atoms with Gasteiger partial charge in [0, 0.05) is 5.92 Å². The molecule has 1 saturated carbocycles. The number of rotatable bonds is 6. The summed E-state index contributed by atoms with van der Waals surface area (Å²) in [5.41, 5.74) is 1.85. The molecule has 6 heteroatoms. The highest BCUT2D eigenvalue weighted by Gasteiger charge is 2.45. The second-order valence-electron chi connectivity index (χ2n) is 6.92. The molecule has 1 heterocycles. The molecular weight excluding hydrogens is 346 g/mol. The third kappa shape index (κ3) is 3.89. The van der Waals surface area contributed by atoms with E-state index in [-0.39, 0.29) is 24.2 Å². The van der Waals surface area contributed by atoms with Crippen LogP contribution in [0.3, 0.4) is 0 Å². The summed E-state index contributed by atoms with van der Waals surface area (Å²) >= 11 is 0. The lowest BCUT2D eigenvalue weighted by Gasteiger charge is -2.19. The van der Waals surface area contributed by atoms with E-state index in [0.29, 0.717) is 13.2 Å². The van der Waals surface area contributed by atoms with Gasteiger partial charge in [-0.1, -0.05) is 36.4 Å². The molecule has 2 aromatic rings. The molecule has 3 unspecified atom stereocenters. The van der Waals surface area contributed by atoms with Crippen molar-refractivity contribution in [1.82, 2.24) is 5.32 Å². The summed E-state index contributed by atoms with van der Waals surface area (Å²) in [5, 5.41) is 12.1. The van der Waals surface area contributed by atoms with Gasteiger partial charge in [0.25, 0.3) is 0 Å². The van der Waals surface area contributed by atoms with Crippen molar-refractivity contribution in [3.05, 3.63) is 59.7 Å². The Kier molecular flexibility index (Phi) is 4.71. The molecule has 1 aliphatic carbocycles. The SMILES string of the molecule is O=C(O)CC(NC(=O)C1CC1c1ccc2c(c1)OCCO2)c1ccccc1. The number of carboxylic acids is 1. The smallest absolute Gasteiger partial charge is 0.305 e. The van der Waals surface area contributed by atoms with E-state index in [9.17, 15) is 14.7 Å². The molecule has 4 rings (SSSR count). The number of carboxylic acid groups (broad SMARTS) is 1. The van der Waals surface area contributed by atoms with Gasteiger partial charge in [0.1, 0.15) is 13.2 Å². The number of hydrogen-bond acceptors (Lipinski definition) is 4. The molecule has 2 aromatic carbocycles. The first kappa shape index (κ1) is 17.4. The first-order valence-corrected chi connectivity index (χ1v) is 9.08. The van der Waals surface area contributed by atoms with Gasteiger partial charge < -0.3 is 19.9 Å². The maximum atomic E-state index is 12.7. The van der Waals surface area contributed by atoms with Crippen LogP contribution in [0.2, 0.25) is 0 Å². The number of benzene rings is 2. The minimum Gasteiger partial charge on any atom is -0.486 e. The molecule has 6 nitrogen and oxygen atoms in total. The summed E-state index contributed by atoms with van der Waals surface area (Å²) in [7, 11) is 0. The number of amides is 1. The van der Waals surface area contributed by atoms with Crippen molar-refractivity contribution in [2.75, 3.05) is 13.2 Å². The Balaban J connectivity index is 1.43. The second kappa shape index (κ2) is 7.31. The van der Waals surface area contributed by atoms with Gasteiger partial charge in [0.05, 0.1) is 12.5 Å². The second-order valence-corrected chi connectivity index (χ2v) is 6.92. The Hall–Kier alpha value is -3.02. The highest BCUT2D eigenvalue weighted by Crippen LogP contribution is 2.49. The molecule has 1 amide bonds. The average molecular weight is 367 g/mol. The molecule has 3 atom stereocenters. The number of carbonyl (C=O) groups excluding carboxylic acids is 1. The summed E-state index contributed by atoms with van der Waals surface area (Å²) in [6, 6.07) is 14.5. The first-order valence-electron chi connectivity index (χ1n) is 9.08. The minimum absolute atomic E-state index is 0.106. The van der Waals surface area contributed by atoms with E-state index in [4.69, 9.17) is 9.47 Å². The Morgan fingerprint density at radius 2 is 1.81 bits per heavy atom. The fraction of sp³-hybridized carbons (Fsp3) is 0.333. The topological polar surface area (TPSA) is 84.9 Å². The highest BCUT2D eigenvalue weighted by molar-refractivity contribution is 5.84. The molecule has 2 N–H and O–H groups in total. The molecule has 0 radical (unpaired) electrons. The fourth-order valence-electron chi connectivity index (χ4n) is 3.53. The van der Waals surface area contributed by atoms with Crippen molar-refractivity contribution >= 4 is 11.9 Å². The van der Waals surface area contributed by atoms with Gasteiger partial charge in [-0.15, -0.1) is 0 Å². The van der Waals surface area contributed by atoms with Gasteiger partial charge in [-0.3, -0.25) is 9.59 Å². The van der Waals surface area contributed by atoms with Crippen LogP contribution in [0, 0.1) is 5.92 Å². The molecule has 2 aliphatic rings. The predicted molar refractivity (Wildman–Crippen MR) is 97.9 cm³/mol. The molecular formula is C21H21NO5. The Morgan fingerprint density at radius 3 is 2.56 bits per heavy atom. The third-order valence-corrected chi connectivity index (χ3v) is 5.02. The van der Waals surface area contributed by atoms with E-state index in [0.717, 1.165) is 29.0 Å². The quantitative estimate of drug-likeness (QED) is 0.820. The van der Waals surface area contributed by atoms with Gasteiger partial charge in [-0.05, 0) is 35.6 Å². The third-order valence-electron chi connectivity index (χ3n) is 5.02. The van der Waals surface area contributed by atoms with Crippen molar-refractivity contribution in [3.63, 3.8) is 0 Å². The van der Waals surface area contributed by atoms with Gasteiger partial charge in [0.15, 0.2) is 11.5 Å². The lowest BCUT2D eigenvalue weighted by Crippen LogP contribution is -2.31. The van der Waals surface area contributed by atoms with Crippen LogP contribution >= 0.6 is 0 Å². The van der Waals surface area contributed by atoms with Crippen molar-refractivity contribution < 1.29 is 24.2 Å². The largest absolute Gasteiger partial charge is 0.486 e. The number of nitrogens with one attached hydrogen (secondary N) is 1. The van der Waals surface area contributed by atoms with Gasteiger partial charge in [-0.2, -0.15) is 0 Å². The number of carbonyl (C=O) groups is 2. The van der Waals surface area contributed by atoms with Crippen LogP contribution < -0.4 is 14.8 Å². The van der Waals surface area contributed by atoms with E-state index < -0.39 is 12.0 Å². The molecule has 140 valence electrons. The monoisotopic (exact) mass is 367 g/mol. The van der Waals surface area contributed by atoms with Crippen LogP contribution in [0.5, 0.6) is 11.5 Å². The summed E-state index contributed by atoms with van der Waals surface area (Å²) in [6.45, 7) is 1.07. The lowest BCUT2D eigenvalue weighted by atomic mass is 10.0. The molecule has 0 aromatic heterocycles. The predicted octanol–water partition coefficient (Wildman–Crippen LogP) is 2.89. The maximum Gasteiger partial charge on any atom is 0.305 e. The molecule has 1 fully saturated rings. The van der Waals surface area contributed by atoms with E-state index in [2.05, 4.69) is 5.32 Å². The van der Waals surface area contributed by atoms with Crippen molar-refractivity contribution in [2.45, 2.75) is 24.8 Å². The van der Waals surface area contributed by atoms with Crippen LogP contribution in [0.15, 0.2) is 48.5 Å². The highest BCUT2D eigenvalue weighted by atomic mass is 16.6. The van der Waals surface area contributed by atoms with Crippen LogP contribution in [-0.4, -0.2) is 30.2 Å². The van der Waals surface area contributed by atoms with Gasteiger partial charge in [-0.25, -0.2) is 0 Å². The molecule has 0 spiro atoms. The summed E-state index contributed by atoms with van der Waals surface area (Å²) < 4.78 is 11.1. The maximum absolute atomic E-state index is 12.7. The number of fused-ring (bicyclic) bond motifs is 1. The normalized spacial score (nSPS) is 21.2. The average Bonchev–Trinajstić information content (AvgIpc) is 3.48. The Morgan fingerprint density at radius 1 is 1.07 bits per heavy atom. The lowest BCUT2D eigenvalue weighted by molar-refractivity contribution is -0.137. The van der Waals surface area contributed by atoms with Gasteiger partial charge in [0.2, 0.25) is 5.91 Å². The van der Waals surface area contributed by atoms with Crippen molar-refractivity contribution in [1.29, 1.82) is 0 Å². The number of hydrogen-bond donors (Lipinski definition) is 2. The zero-order valence-corrected chi connectivity index (χ0v) is 14.8. The summed E-state index contributed by atoms with van der Waals surface area (Å²) in [6.07, 6.45) is 0.608. The van der Waals surface area contributed by atoms with Crippen LogP contribution in [0.1, 0.15) is 35.9 Å². The minimum atomic E-state index is -0.941. The van der Waals surface area contributed by atoms with Crippen LogP contribution in [-0.2, 0) is 9.59 Å². The fourth-order valence-corrected chi connectivity index (χ4v) is 3.53. The van der Waals surface area contributed by atoms with E-state index in [1.165, 1.54) is 0 Å². The number of aliphatic carboxylic acids is 1. The summed E-state index contributed by atoms with van der Waals surface area (Å²) in [5.74, 6) is 0.387. The molecule has 0 saturated heterocycles. The summed E-state index contributed by atoms with van der Waals surface area (Å²) in [4.78, 5) is 23.9. The molecule has 27 heavy (non-hydrogen) atoms. The van der Waals surface area contributed by atoms with Gasteiger partial charge >= 0.3 is 5.97 Å². The number of ether oxygens (including phenoxy) is 2. The molecule has 1 aliphatic heterocycles. The van der Waals surface area contributed by atoms with Crippen LogP contribution in [0.25, 0.3) is 0 Å². The first-order chi connectivity index (χ1) is 13.1. The van der Waals surface area contributed by atoms with Crippen molar-refractivity contribution in [3.8, 4) is 11.5 Å². The van der Waals surface area contributed by atoms with E-state index in [1.54, 1.807) is 0 Å². The van der Waals surface area contributed by atoms with Crippen molar-refractivity contribution in [2.24, 2.45) is 5.92 Å². The Bertz CT molecular complexity index is 851. The van der Waals surface area contributed by atoms with E-state index >= 15 is 0 Å². The van der Waals surface area contributed by atoms with Crippen LogP contribution in [0.4, 0.5) is 0 Å². The molecule has 0 bridgehead atoms. The zero-order valence-electron chi connectivity index (χ0n) is 14.8. The Labute approximate surface area is 157 Å². The standard InChI is InChI=1S/C21H21NO5/c23-20(24)12-17(13-4-2-1-3-5-13)22-21(25)16-11-15(16)14-6-7-18-19(10-14)27-9-8-26-18/h1-7,10,15-17H,8-9,11-12H2,(H,22,25)(H,23,24). The zero-order chi connectivity index (χ0) is 18.8.